The molecule has 0 aromatic heterocycles. The highest BCUT2D eigenvalue weighted by Crippen LogP contribution is 2.19. The van der Waals surface area contributed by atoms with Gasteiger partial charge < -0.3 is 14.8 Å². The summed E-state index contributed by atoms with van der Waals surface area (Å²) < 4.78 is 9.56. The molecule has 2 rings (SSSR count). The molecule has 1 aliphatic rings. The molecule has 6 nitrogen and oxygen atoms in total. The highest BCUT2D eigenvalue weighted by molar-refractivity contribution is 5.94. The van der Waals surface area contributed by atoms with Crippen molar-refractivity contribution in [3.8, 4) is 0 Å². The van der Waals surface area contributed by atoms with Crippen LogP contribution in [0.1, 0.15) is 52.8 Å². The van der Waals surface area contributed by atoms with Gasteiger partial charge in [0.05, 0.1) is 18.2 Å². The number of rotatable bonds is 7. The van der Waals surface area contributed by atoms with Crippen molar-refractivity contribution in [3.05, 3.63) is 47.0 Å². The molecule has 0 bridgehead atoms. The number of ether oxygens (including phenoxy) is 2. The third-order valence-corrected chi connectivity index (χ3v) is 4.03. The average Bonchev–Trinajstić information content (AvgIpc) is 2.66. The number of hydrogen-bond donors (Lipinski definition) is 1. The van der Waals surface area contributed by atoms with Gasteiger partial charge in [0.1, 0.15) is 0 Å². The third kappa shape index (κ3) is 6.06. The topological polar surface area (TPSA) is 81.7 Å². The Morgan fingerprint density at radius 2 is 1.72 bits per heavy atom. The minimum Gasteiger partial charge on any atom is -0.465 e. The van der Waals surface area contributed by atoms with Crippen molar-refractivity contribution >= 4 is 17.8 Å². The Balaban J connectivity index is 1.70. The molecule has 1 amide bonds. The zero-order valence-corrected chi connectivity index (χ0v) is 14.4. The maximum absolute atomic E-state index is 11.9. The van der Waals surface area contributed by atoms with Crippen LogP contribution < -0.4 is 5.32 Å². The van der Waals surface area contributed by atoms with E-state index in [1.54, 1.807) is 0 Å². The third-order valence-electron chi connectivity index (χ3n) is 4.03. The predicted molar refractivity (Wildman–Crippen MR) is 92.2 cm³/mol. The molecule has 0 fully saturated rings. The quantitative estimate of drug-likeness (QED) is 0.607. The Bertz CT molecular complexity index is 648. The van der Waals surface area contributed by atoms with E-state index in [1.165, 1.54) is 49.8 Å². The number of carbonyl (C=O) groups excluding carboxylic acids is 3. The lowest BCUT2D eigenvalue weighted by atomic mass is 9.97. The lowest BCUT2D eigenvalue weighted by Gasteiger charge is -2.13. The van der Waals surface area contributed by atoms with Gasteiger partial charge in [-0.25, -0.2) is 9.59 Å². The summed E-state index contributed by atoms with van der Waals surface area (Å²) in [6.45, 7) is 0.229. The maximum atomic E-state index is 11.9. The van der Waals surface area contributed by atoms with E-state index in [0.29, 0.717) is 12.1 Å². The van der Waals surface area contributed by atoms with Crippen LogP contribution in [0.2, 0.25) is 0 Å². The van der Waals surface area contributed by atoms with Gasteiger partial charge in [0, 0.05) is 6.54 Å². The van der Waals surface area contributed by atoms with Gasteiger partial charge in [0.25, 0.3) is 5.91 Å². The van der Waals surface area contributed by atoms with Gasteiger partial charge in [-0.15, -0.1) is 0 Å². The molecule has 0 spiro atoms. The van der Waals surface area contributed by atoms with Gasteiger partial charge in [-0.3, -0.25) is 4.79 Å². The van der Waals surface area contributed by atoms with Crippen molar-refractivity contribution in [2.75, 3.05) is 20.3 Å². The zero-order chi connectivity index (χ0) is 18.1. The highest BCUT2D eigenvalue weighted by Gasteiger charge is 2.12. The largest absolute Gasteiger partial charge is 0.465 e. The number of methoxy groups -OCH3 is 1. The van der Waals surface area contributed by atoms with E-state index in [4.69, 9.17) is 4.74 Å². The van der Waals surface area contributed by atoms with Crippen LogP contribution in [-0.2, 0) is 14.3 Å². The molecule has 0 saturated heterocycles. The Kier molecular flexibility index (Phi) is 7.19. The van der Waals surface area contributed by atoms with E-state index in [-0.39, 0.29) is 18.1 Å². The summed E-state index contributed by atoms with van der Waals surface area (Å²) in [4.78, 5) is 35.0. The normalized spacial score (nSPS) is 13.6. The smallest absolute Gasteiger partial charge is 0.338 e. The van der Waals surface area contributed by atoms with Gasteiger partial charge in [0.15, 0.2) is 6.61 Å². The number of nitrogens with one attached hydrogen (secondary N) is 1. The first-order valence-electron chi connectivity index (χ1n) is 8.40. The van der Waals surface area contributed by atoms with Crippen LogP contribution in [0.4, 0.5) is 0 Å². The molecular formula is C19H23NO5. The summed E-state index contributed by atoms with van der Waals surface area (Å²) in [5, 5.41) is 2.75. The van der Waals surface area contributed by atoms with Crippen LogP contribution in [0.5, 0.6) is 0 Å². The number of allylic oxidation sites excluding steroid dienone is 1. The van der Waals surface area contributed by atoms with Crippen molar-refractivity contribution in [2.24, 2.45) is 0 Å². The minimum absolute atomic E-state index is 0.271. The van der Waals surface area contributed by atoms with Crippen LogP contribution in [0.3, 0.4) is 0 Å². The summed E-state index contributed by atoms with van der Waals surface area (Å²) in [6.07, 6.45) is 7.77. The lowest BCUT2D eigenvalue weighted by molar-refractivity contribution is -0.124. The van der Waals surface area contributed by atoms with Crippen molar-refractivity contribution in [3.63, 3.8) is 0 Å². The van der Waals surface area contributed by atoms with E-state index in [9.17, 15) is 14.4 Å². The van der Waals surface area contributed by atoms with E-state index in [0.717, 1.165) is 19.3 Å². The first-order chi connectivity index (χ1) is 12.1. The van der Waals surface area contributed by atoms with Gasteiger partial charge in [-0.2, -0.15) is 0 Å². The van der Waals surface area contributed by atoms with Crippen molar-refractivity contribution < 1.29 is 23.9 Å². The fraction of sp³-hybridized carbons (Fsp3) is 0.421. The number of amides is 1. The summed E-state index contributed by atoms with van der Waals surface area (Å²) >= 11 is 0. The second-order valence-corrected chi connectivity index (χ2v) is 5.85. The number of esters is 2. The van der Waals surface area contributed by atoms with Crippen LogP contribution in [0.15, 0.2) is 35.9 Å². The summed E-state index contributed by atoms with van der Waals surface area (Å²) in [6, 6.07) is 5.87. The summed E-state index contributed by atoms with van der Waals surface area (Å²) in [5.74, 6) is -1.41. The zero-order valence-electron chi connectivity index (χ0n) is 14.4. The molecule has 1 aliphatic carbocycles. The van der Waals surface area contributed by atoms with Crippen LogP contribution in [-0.4, -0.2) is 38.1 Å². The van der Waals surface area contributed by atoms with Crippen molar-refractivity contribution in [1.82, 2.24) is 5.32 Å². The van der Waals surface area contributed by atoms with Gasteiger partial charge in [0.2, 0.25) is 0 Å². The lowest BCUT2D eigenvalue weighted by Crippen LogP contribution is -2.29. The molecule has 0 aliphatic heterocycles. The van der Waals surface area contributed by atoms with E-state index >= 15 is 0 Å². The van der Waals surface area contributed by atoms with Crippen molar-refractivity contribution in [1.29, 1.82) is 0 Å². The maximum Gasteiger partial charge on any atom is 0.338 e. The molecule has 0 radical (unpaired) electrons. The summed E-state index contributed by atoms with van der Waals surface area (Å²) in [7, 11) is 1.29. The van der Waals surface area contributed by atoms with Crippen LogP contribution >= 0.6 is 0 Å². The molecule has 134 valence electrons. The monoisotopic (exact) mass is 345 g/mol. The first-order valence-corrected chi connectivity index (χ1v) is 8.40. The van der Waals surface area contributed by atoms with Gasteiger partial charge in [-0.05, 0) is 56.4 Å². The second kappa shape index (κ2) is 9.61. The summed E-state index contributed by atoms with van der Waals surface area (Å²) in [5.41, 5.74) is 2.00. The second-order valence-electron chi connectivity index (χ2n) is 5.85. The van der Waals surface area contributed by atoms with Gasteiger partial charge >= 0.3 is 11.9 Å². The molecule has 1 aromatic rings. The fourth-order valence-corrected chi connectivity index (χ4v) is 2.62. The molecule has 0 atom stereocenters. The molecule has 1 aromatic carbocycles. The molecule has 6 heteroatoms. The fourth-order valence-electron chi connectivity index (χ4n) is 2.62. The number of hydrogen-bond acceptors (Lipinski definition) is 5. The number of carbonyl (C=O) groups is 3. The highest BCUT2D eigenvalue weighted by atomic mass is 16.5. The van der Waals surface area contributed by atoms with Crippen LogP contribution in [0, 0.1) is 0 Å². The molecule has 25 heavy (non-hydrogen) atoms. The van der Waals surface area contributed by atoms with E-state index < -0.39 is 11.9 Å². The van der Waals surface area contributed by atoms with E-state index in [1.807, 2.05) is 0 Å². The Labute approximate surface area is 147 Å². The molecule has 0 unspecified atom stereocenters. The molecule has 0 saturated carbocycles. The SMILES string of the molecule is COC(=O)c1ccc(C(=O)OCC(=O)NCCC2=CCCCC2)cc1. The van der Waals surface area contributed by atoms with Crippen LogP contribution in [0.25, 0.3) is 0 Å². The average molecular weight is 345 g/mol. The minimum atomic E-state index is -0.610. The standard InChI is InChI=1S/C19H23NO5/c1-24-18(22)15-7-9-16(10-8-15)19(23)25-13-17(21)20-12-11-14-5-3-2-4-6-14/h5,7-10H,2-4,6,11-13H2,1H3,(H,20,21). The Hall–Kier alpha value is -2.63. The van der Waals surface area contributed by atoms with E-state index in [2.05, 4.69) is 16.1 Å². The molecular weight excluding hydrogens is 322 g/mol. The molecule has 0 heterocycles. The number of benzene rings is 1. The Morgan fingerprint density at radius 3 is 2.32 bits per heavy atom. The Morgan fingerprint density at radius 1 is 1.04 bits per heavy atom. The molecule has 1 N–H and O–H groups in total. The first kappa shape index (κ1) is 18.7. The van der Waals surface area contributed by atoms with Crippen molar-refractivity contribution in [2.45, 2.75) is 32.1 Å². The van der Waals surface area contributed by atoms with Gasteiger partial charge in [-0.1, -0.05) is 11.6 Å². The predicted octanol–water partition coefficient (Wildman–Crippen LogP) is 2.64.